The maximum Gasteiger partial charge on any atom is 0.221 e. The first-order valence-electron chi connectivity index (χ1n) is 6.40. The van der Waals surface area contributed by atoms with Crippen LogP contribution in [0.25, 0.3) is 0 Å². The van der Waals surface area contributed by atoms with E-state index >= 15 is 0 Å². The average Bonchev–Trinajstić information content (AvgIpc) is 2.36. The molecule has 1 amide bonds. The first-order chi connectivity index (χ1) is 8.99. The Labute approximate surface area is 131 Å². The van der Waals surface area contributed by atoms with Gasteiger partial charge in [-0.3, -0.25) is 4.79 Å². The lowest BCUT2D eigenvalue weighted by Crippen LogP contribution is -2.30. The largest absolute Gasteiger partial charge is 0.356 e. The van der Waals surface area contributed by atoms with E-state index in [2.05, 4.69) is 68.5 Å². The van der Waals surface area contributed by atoms with Gasteiger partial charge in [-0.2, -0.15) is 0 Å². The summed E-state index contributed by atoms with van der Waals surface area (Å²) in [6.07, 6.45) is 0.518. The molecule has 2 N–H and O–H groups in total. The van der Waals surface area contributed by atoms with Crippen molar-refractivity contribution in [1.29, 1.82) is 0 Å². The molecule has 0 saturated heterocycles. The van der Waals surface area contributed by atoms with E-state index in [0.717, 1.165) is 22.0 Å². The van der Waals surface area contributed by atoms with Gasteiger partial charge in [0.2, 0.25) is 5.91 Å². The number of hydrogen-bond acceptors (Lipinski definition) is 2. The fourth-order valence-corrected chi connectivity index (χ4v) is 2.16. The summed E-state index contributed by atoms with van der Waals surface area (Å²) in [6, 6.07) is 6.13. The molecule has 0 aliphatic carbocycles. The lowest BCUT2D eigenvalue weighted by atomic mass is 10.2. The molecule has 1 rings (SSSR count). The van der Waals surface area contributed by atoms with Gasteiger partial charge in [0.25, 0.3) is 0 Å². The minimum atomic E-state index is 0.109. The van der Waals surface area contributed by atoms with Gasteiger partial charge in [-0.25, -0.2) is 0 Å². The molecular formula is C14H20Br2N2O. The van der Waals surface area contributed by atoms with E-state index in [1.807, 2.05) is 6.07 Å². The van der Waals surface area contributed by atoms with Crippen molar-refractivity contribution >= 4 is 37.8 Å². The Morgan fingerprint density at radius 3 is 2.63 bits per heavy atom. The first-order valence-corrected chi connectivity index (χ1v) is 7.99. The van der Waals surface area contributed by atoms with Gasteiger partial charge in [-0.05, 0) is 55.5 Å². The molecule has 0 aliphatic rings. The molecule has 0 fully saturated rings. The molecule has 5 heteroatoms. The molecule has 0 spiro atoms. The van der Waals surface area contributed by atoms with Crippen LogP contribution in [-0.2, 0) is 11.3 Å². The quantitative estimate of drug-likeness (QED) is 0.698. The van der Waals surface area contributed by atoms with Crippen molar-refractivity contribution in [1.82, 2.24) is 10.6 Å². The second-order valence-corrected chi connectivity index (χ2v) is 6.58. The molecule has 0 aromatic heterocycles. The summed E-state index contributed by atoms with van der Waals surface area (Å²) in [4.78, 5) is 11.5. The van der Waals surface area contributed by atoms with Crippen LogP contribution in [0, 0.1) is 5.92 Å². The number of carbonyl (C=O) groups excluding carboxylic acids is 1. The van der Waals surface area contributed by atoms with Gasteiger partial charge in [-0.1, -0.05) is 19.9 Å². The summed E-state index contributed by atoms with van der Waals surface area (Å²) in [6.45, 7) is 6.38. The molecule has 0 atom stereocenters. The van der Waals surface area contributed by atoms with Crippen LogP contribution in [0.2, 0.25) is 0 Å². The van der Waals surface area contributed by atoms with Gasteiger partial charge >= 0.3 is 0 Å². The van der Waals surface area contributed by atoms with Gasteiger partial charge in [-0.15, -0.1) is 0 Å². The van der Waals surface area contributed by atoms with E-state index < -0.39 is 0 Å². The zero-order chi connectivity index (χ0) is 14.3. The second kappa shape index (κ2) is 8.72. The van der Waals surface area contributed by atoms with Gasteiger partial charge in [0.05, 0.1) is 0 Å². The van der Waals surface area contributed by atoms with Crippen LogP contribution < -0.4 is 10.6 Å². The number of hydrogen-bond donors (Lipinski definition) is 2. The van der Waals surface area contributed by atoms with E-state index in [1.165, 1.54) is 5.56 Å². The third-order valence-electron chi connectivity index (χ3n) is 2.55. The zero-order valence-electron chi connectivity index (χ0n) is 11.3. The van der Waals surface area contributed by atoms with Crippen molar-refractivity contribution in [3.8, 4) is 0 Å². The lowest BCUT2D eigenvalue weighted by Gasteiger charge is -2.08. The van der Waals surface area contributed by atoms with Crippen molar-refractivity contribution in [3.05, 3.63) is 32.7 Å². The highest BCUT2D eigenvalue weighted by Crippen LogP contribution is 2.23. The predicted molar refractivity (Wildman–Crippen MR) is 86.0 cm³/mol. The summed E-state index contributed by atoms with van der Waals surface area (Å²) in [5, 5.41) is 6.17. The molecule has 3 nitrogen and oxygen atoms in total. The number of halogens is 2. The highest BCUT2D eigenvalue weighted by atomic mass is 79.9. The molecule has 0 saturated carbocycles. The molecule has 0 aliphatic heterocycles. The Balaban J connectivity index is 2.20. The molecule has 0 radical (unpaired) electrons. The van der Waals surface area contributed by atoms with Crippen molar-refractivity contribution in [2.45, 2.75) is 26.8 Å². The maximum absolute atomic E-state index is 11.5. The van der Waals surface area contributed by atoms with Crippen molar-refractivity contribution in [2.75, 3.05) is 13.1 Å². The topological polar surface area (TPSA) is 41.1 Å². The predicted octanol–water partition coefficient (Wildman–Crippen LogP) is 3.46. The normalized spacial score (nSPS) is 10.8. The lowest BCUT2D eigenvalue weighted by molar-refractivity contribution is -0.121. The summed E-state index contributed by atoms with van der Waals surface area (Å²) < 4.78 is 2.09. The van der Waals surface area contributed by atoms with E-state index in [-0.39, 0.29) is 5.91 Å². The molecule has 106 valence electrons. The average molecular weight is 392 g/mol. The van der Waals surface area contributed by atoms with Crippen LogP contribution in [0.5, 0.6) is 0 Å². The summed E-state index contributed by atoms with van der Waals surface area (Å²) in [5.41, 5.74) is 1.19. The second-order valence-electron chi connectivity index (χ2n) is 4.87. The molecule has 0 heterocycles. The van der Waals surface area contributed by atoms with Crippen LogP contribution in [0.4, 0.5) is 0 Å². The fourth-order valence-electron chi connectivity index (χ4n) is 1.49. The number of rotatable bonds is 7. The number of nitrogens with one attached hydrogen (secondary N) is 2. The summed E-state index contributed by atoms with van der Waals surface area (Å²) in [7, 11) is 0. The highest BCUT2D eigenvalue weighted by Gasteiger charge is 2.02. The molecule has 1 aromatic rings. The minimum Gasteiger partial charge on any atom is -0.356 e. The smallest absolute Gasteiger partial charge is 0.221 e. The van der Waals surface area contributed by atoms with Crippen LogP contribution in [0.1, 0.15) is 25.8 Å². The fraction of sp³-hybridized carbons (Fsp3) is 0.500. The van der Waals surface area contributed by atoms with Gasteiger partial charge in [0.1, 0.15) is 0 Å². The third kappa shape index (κ3) is 7.09. The SMILES string of the molecule is CC(C)CNC(=O)CCNCc1ccc(Br)c(Br)c1. The monoisotopic (exact) mass is 390 g/mol. The number of amides is 1. The molecule has 0 bridgehead atoms. The van der Waals surface area contributed by atoms with Crippen LogP contribution in [0.3, 0.4) is 0 Å². The van der Waals surface area contributed by atoms with Gasteiger partial charge in [0.15, 0.2) is 0 Å². The van der Waals surface area contributed by atoms with Gasteiger partial charge in [0, 0.05) is 35.0 Å². The Bertz CT molecular complexity index is 422. The standard InChI is InChI=1S/C14H20Br2N2O/c1-10(2)8-18-14(19)5-6-17-9-11-3-4-12(15)13(16)7-11/h3-4,7,10,17H,5-6,8-9H2,1-2H3,(H,18,19). The van der Waals surface area contributed by atoms with Crippen molar-refractivity contribution < 1.29 is 4.79 Å². The van der Waals surface area contributed by atoms with E-state index in [0.29, 0.717) is 18.9 Å². The van der Waals surface area contributed by atoms with Crippen molar-refractivity contribution in [3.63, 3.8) is 0 Å². The van der Waals surface area contributed by atoms with E-state index in [4.69, 9.17) is 0 Å². The van der Waals surface area contributed by atoms with Crippen LogP contribution in [-0.4, -0.2) is 19.0 Å². The number of benzene rings is 1. The van der Waals surface area contributed by atoms with Crippen LogP contribution >= 0.6 is 31.9 Å². The Morgan fingerprint density at radius 1 is 1.26 bits per heavy atom. The maximum atomic E-state index is 11.5. The third-order valence-corrected chi connectivity index (χ3v) is 4.43. The molecular weight excluding hydrogens is 372 g/mol. The highest BCUT2D eigenvalue weighted by molar-refractivity contribution is 9.13. The minimum absolute atomic E-state index is 0.109. The van der Waals surface area contributed by atoms with Crippen LogP contribution in [0.15, 0.2) is 27.1 Å². The van der Waals surface area contributed by atoms with Gasteiger partial charge < -0.3 is 10.6 Å². The molecule has 0 unspecified atom stereocenters. The molecule has 19 heavy (non-hydrogen) atoms. The Kier molecular flexibility index (Phi) is 7.64. The molecule has 1 aromatic carbocycles. The Hall–Kier alpha value is -0.390. The summed E-state index contributed by atoms with van der Waals surface area (Å²) >= 11 is 6.91. The van der Waals surface area contributed by atoms with E-state index in [1.54, 1.807) is 0 Å². The van der Waals surface area contributed by atoms with Crippen molar-refractivity contribution in [2.24, 2.45) is 5.92 Å². The Morgan fingerprint density at radius 2 is 2.00 bits per heavy atom. The summed E-state index contributed by atoms with van der Waals surface area (Å²) in [5.74, 6) is 0.607. The number of carbonyl (C=O) groups is 1. The van der Waals surface area contributed by atoms with E-state index in [9.17, 15) is 4.79 Å². The first kappa shape index (κ1) is 16.7. The zero-order valence-corrected chi connectivity index (χ0v) is 14.5.